The summed E-state index contributed by atoms with van der Waals surface area (Å²) < 4.78 is 35.0. The highest BCUT2D eigenvalue weighted by Gasteiger charge is 2.40. The Kier molecular flexibility index (Phi) is 27.0. The Morgan fingerprint density at radius 3 is 0.778 bits per heavy atom. The van der Waals surface area contributed by atoms with Crippen molar-refractivity contribution in [3.8, 4) is 0 Å². The van der Waals surface area contributed by atoms with Gasteiger partial charge >= 0.3 is 17.6 Å². The van der Waals surface area contributed by atoms with Crippen molar-refractivity contribution < 1.29 is 26.6 Å². The van der Waals surface area contributed by atoms with Crippen LogP contribution in [0.25, 0.3) is 0 Å². The van der Waals surface area contributed by atoms with Crippen LogP contribution in [0.15, 0.2) is 0 Å². The summed E-state index contributed by atoms with van der Waals surface area (Å²) >= 11 is 0. The zero-order chi connectivity index (χ0) is 27.7. The van der Waals surface area contributed by atoms with E-state index in [1.165, 1.54) is 0 Å². The van der Waals surface area contributed by atoms with Crippen LogP contribution in [0.1, 0.15) is 82.1 Å². The monoisotopic (exact) mass is 554 g/mol. The molecule has 0 amide bonds. The van der Waals surface area contributed by atoms with Crippen LogP contribution in [0.5, 0.6) is 0 Å². The van der Waals surface area contributed by atoms with E-state index in [4.69, 9.17) is 26.6 Å². The van der Waals surface area contributed by atoms with E-state index in [1.807, 2.05) is 41.5 Å². The average molecular weight is 555 g/mol. The van der Waals surface area contributed by atoms with Crippen molar-refractivity contribution in [2.75, 3.05) is 78.9 Å². The Morgan fingerprint density at radius 1 is 0.389 bits per heavy atom. The Bertz CT molecular complexity index is 384. The first-order valence-electron chi connectivity index (χ1n) is 14.6. The van der Waals surface area contributed by atoms with Crippen molar-refractivity contribution in [2.45, 2.75) is 94.2 Å². The minimum atomic E-state index is -2.41. The first kappa shape index (κ1) is 38.3. The molecule has 0 aliphatic carbocycles. The third kappa shape index (κ3) is 17.6. The third-order valence-electron chi connectivity index (χ3n) is 5.89. The summed E-state index contributed by atoms with van der Waals surface area (Å²) in [5, 5.41) is 0. The van der Waals surface area contributed by atoms with Crippen LogP contribution >= 0.6 is 0 Å². The van der Waals surface area contributed by atoms with Gasteiger partial charge in [0, 0.05) is 51.7 Å². The highest BCUT2D eigenvalue weighted by atomic mass is 28.4. The Balaban J connectivity index is 0. The van der Waals surface area contributed by atoms with E-state index in [0.717, 1.165) is 64.2 Å². The summed E-state index contributed by atoms with van der Waals surface area (Å²) in [4.78, 5) is 4.84. The van der Waals surface area contributed by atoms with E-state index in [0.29, 0.717) is 39.6 Å². The van der Waals surface area contributed by atoms with Crippen LogP contribution in [0.4, 0.5) is 0 Å². The van der Waals surface area contributed by atoms with Crippen molar-refractivity contribution in [3.63, 3.8) is 0 Å². The quantitative estimate of drug-likeness (QED) is 0.144. The normalized spacial score (nSPS) is 12.3. The Labute approximate surface area is 227 Å². The van der Waals surface area contributed by atoms with Crippen LogP contribution < -0.4 is 0 Å². The first-order chi connectivity index (χ1) is 17.3. The van der Waals surface area contributed by atoms with E-state index in [1.54, 1.807) is 0 Å². The molecule has 0 aliphatic heterocycles. The second kappa shape index (κ2) is 25.4. The molecule has 0 saturated heterocycles. The highest BCUT2D eigenvalue weighted by Crippen LogP contribution is 2.19. The standard InChI is InChI=1S/2C13H31NO3Si/c2*1-6-14(7-2)12-11-13-18(15-8-3,16-9-4)17-10-5/h2*6-13H2,1-5H3. The molecule has 0 rings (SSSR count). The zero-order valence-corrected chi connectivity index (χ0v) is 27.7. The minimum Gasteiger partial charge on any atom is -0.374 e. The fourth-order valence-corrected chi connectivity index (χ4v) is 9.31. The molecule has 36 heavy (non-hydrogen) atoms. The molecule has 0 fully saturated rings. The van der Waals surface area contributed by atoms with Crippen LogP contribution in [0, 0.1) is 0 Å². The van der Waals surface area contributed by atoms with Gasteiger partial charge in [0.15, 0.2) is 0 Å². The molecule has 0 N–H and O–H groups in total. The molecule has 0 saturated carbocycles. The summed E-state index contributed by atoms with van der Waals surface area (Å²) in [5.41, 5.74) is 0. The SMILES string of the molecule is CCO[Si](CCCN(CC)CC)(OCC)OCC.CCO[Si](CCCN(CC)CC)(OCC)OCC. The van der Waals surface area contributed by atoms with E-state index in [-0.39, 0.29) is 0 Å². The minimum absolute atomic E-state index is 0.664. The molecule has 0 atom stereocenters. The maximum atomic E-state index is 5.84. The van der Waals surface area contributed by atoms with Crippen molar-refractivity contribution in [3.05, 3.63) is 0 Å². The zero-order valence-electron chi connectivity index (χ0n) is 25.7. The molecule has 0 unspecified atom stereocenters. The number of nitrogens with zero attached hydrogens (tertiary/aromatic N) is 2. The molecule has 0 heterocycles. The van der Waals surface area contributed by atoms with Crippen molar-refractivity contribution >= 4 is 17.6 Å². The Hall–Kier alpha value is 0.114. The van der Waals surface area contributed by atoms with Gasteiger partial charge in [-0.15, -0.1) is 0 Å². The molecule has 10 heteroatoms. The maximum Gasteiger partial charge on any atom is 0.500 e. The molecule has 0 radical (unpaired) electrons. The molecule has 0 aromatic rings. The van der Waals surface area contributed by atoms with E-state index >= 15 is 0 Å². The van der Waals surface area contributed by atoms with Gasteiger partial charge in [-0.1, -0.05) is 27.7 Å². The summed E-state index contributed by atoms with van der Waals surface area (Å²) in [6, 6.07) is 1.83. The summed E-state index contributed by atoms with van der Waals surface area (Å²) in [6.07, 6.45) is 2.15. The van der Waals surface area contributed by atoms with Gasteiger partial charge in [-0.05, 0) is 93.7 Å². The van der Waals surface area contributed by atoms with Crippen molar-refractivity contribution in [1.29, 1.82) is 0 Å². The lowest BCUT2D eigenvalue weighted by Gasteiger charge is -2.29. The van der Waals surface area contributed by atoms with Gasteiger partial charge in [0.25, 0.3) is 0 Å². The Morgan fingerprint density at radius 2 is 0.611 bits per heavy atom. The second-order valence-electron chi connectivity index (χ2n) is 8.22. The average Bonchev–Trinajstić information content (AvgIpc) is 2.86. The summed E-state index contributed by atoms with van der Waals surface area (Å²) in [6.45, 7) is 31.4. The fourth-order valence-electron chi connectivity index (χ4n) is 4.12. The van der Waals surface area contributed by atoms with Gasteiger partial charge in [-0.2, -0.15) is 0 Å². The molecule has 220 valence electrons. The number of hydrogen-bond acceptors (Lipinski definition) is 8. The van der Waals surface area contributed by atoms with Gasteiger partial charge in [0.05, 0.1) is 0 Å². The lowest BCUT2D eigenvalue weighted by Crippen LogP contribution is -2.46. The van der Waals surface area contributed by atoms with Gasteiger partial charge in [-0.25, -0.2) is 0 Å². The lowest BCUT2D eigenvalue weighted by molar-refractivity contribution is 0.0692. The predicted molar refractivity (Wildman–Crippen MR) is 156 cm³/mol. The molecule has 8 nitrogen and oxygen atoms in total. The van der Waals surface area contributed by atoms with Crippen LogP contribution in [-0.2, 0) is 26.6 Å². The first-order valence-corrected chi connectivity index (χ1v) is 18.5. The van der Waals surface area contributed by atoms with E-state index in [9.17, 15) is 0 Å². The maximum absolute atomic E-state index is 5.84. The van der Waals surface area contributed by atoms with Crippen LogP contribution in [-0.4, -0.2) is 106 Å². The number of hydrogen-bond donors (Lipinski definition) is 0. The largest absolute Gasteiger partial charge is 0.500 e. The molecule has 0 aliphatic rings. The highest BCUT2D eigenvalue weighted by molar-refractivity contribution is 6.61. The van der Waals surface area contributed by atoms with Gasteiger partial charge < -0.3 is 36.4 Å². The predicted octanol–water partition coefficient (Wildman–Crippen LogP) is 5.53. The van der Waals surface area contributed by atoms with Crippen molar-refractivity contribution in [1.82, 2.24) is 9.80 Å². The lowest BCUT2D eigenvalue weighted by atomic mass is 10.4. The summed E-state index contributed by atoms with van der Waals surface area (Å²) in [7, 11) is -4.83. The molecular weight excluding hydrogens is 492 g/mol. The molecule has 0 aromatic heterocycles. The van der Waals surface area contributed by atoms with Gasteiger partial charge in [0.2, 0.25) is 0 Å². The molecule has 0 spiro atoms. The van der Waals surface area contributed by atoms with Gasteiger partial charge in [-0.3, -0.25) is 0 Å². The second-order valence-corrected chi connectivity index (χ2v) is 13.7. The van der Waals surface area contributed by atoms with Crippen LogP contribution in [0.2, 0.25) is 12.1 Å². The smallest absolute Gasteiger partial charge is 0.374 e. The van der Waals surface area contributed by atoms with E-state index in [2.05, 4.69) is 37.5 Å². The summed E-state index contributed by atoms with van der Waals surface area (Å²) in [5.74, 6) is 0. The van der Waals surface area contributed by atoms with Crippen molar-refractivity contribution in [2.24, 2.45) is 0 Å². The third-order valence-corrected chi connectivity index (χ3v) is 12.2. The molecule has 0 aromatic carbocycles. The van der Waals surface area contributed by atoms with Crippen LogP contribution in [0.3, 0.4) is 0 Å². The molecular formula is C26H62N2O6Si2. The number of rotatable bonds is 24. The van der Waals surface area contributed by atoms with Gasteiger partial charge in [0.1, 0.15) is 0 Å². The topological polar surface area (TPSA) is 61.9 Å². The molecule has 0 bridgehead atoms. The fraction of sp³-hybridized carbons (Fsp3) is 1.00. The van der Waals surface area contributed by atoms with E-state index < -0.39 is 17.6 Å².